The Labute approximate surface area is 329 Å². The van der Waals surface area contributed by atoms with E-state index in [0.29, 0.717) is 38.8 Å². The van der Waals surface area contributed by atoms with Crippen molar-refractivity contribution in [3.63, 3.8) is 0 Å². The minimum absolute atomic E-state index is 0.0724. The summed E-state index contributed by atoms with van der Waals surface area (Å²) in [4.78, 5) is 73.2. The van der Waals surface area contributed by atoms with Gasteiger partial charge in [0.25, 0.3) is 5.91 Å². The van der Waals surface area contributed by atoms with Crippen molar-refractivity contribution in [2.24, 2.45) is 16.7 Å². The summed E-state index contributed by atoms with van der Waals surface area (Å²) in [6.07, 6.45) is 9.86. The second-order valence-corrected chi connectivity index (χ2v) is 19.7. The summed E-state index contributed by atoms with van der Waals surface area (Å²) in [7, 11) is -3.92. The number of hydrogen-bond acceptors (Lipinski definition) is 9. The van der Waals surface area contributed by atoms with E-state index in [2.05, 4.69) is 34.1 Å². The molecule has 3 aliphatic carbocycles. The van der Waals surface area contributed by atoms with Crippen molar-refractivity contribution < 1.29 is 41.9 Å². The van der Waals surface area contributed by atoms with Crippen LogP contribution in [-0.2, 0) is 47.0 Å². The second kappa shape index (κ2) is 15.2. The summed E-state index contributed by atoms with van der Waals surface area (Å²) < 4.78 is 39.5. The SMILES string of the molecule is C=C[C@H]1C[C@]1(NC(=O)[C@@H]1C[C@@H]2CN1C(=O)[C@H](C1(C)CCCCC1)NC(=O)OCC(C)(C)CC/C=C/c1cccc3c1CN(C3)C(=O)O2)C(=O)NS(=O)(=O)C1CC1. The maximum atomic E-state index is 14.9. The number of ether oxygens (including phenoxy) is 2. The number of allylic oxidation sites excluding steroid dienone is 1. The Bertz CT molecular complexity index is 1920. The first-order chi connectivity index (χ1) is 26.5. The molecule has 1 saturated heterocycles. The normalized spacial score (nSPS) is 30.9. The smallest absolute Gasteiger partial charge is 0.410 e. The molecule has 5 atom stereocenters. The average molecular weight is 794 g/mol. The fourth-order valence-corrected chi connectivity index (χ4v) is 10.2. The van der Waals surface area contributed by atoms with Gasteiger partial charge in [-0.15, -0.1) is 6.58 Å². The highest BCUT2D eigenvalue weighted by molar-refractivity contribution is 7.91. The molecule has 0 unspecified atom stereocenters. The van der Waals surface area contributed by atoms with Crippen LogP contribution in [0.3, 0.4) is 0 Å². The van der Waals surface area contributed by atoms with E-state index < -0.39 is 80.2 Å². The number of carbonyl (C=O) groups excluding carboxylic acids is 5. The predicted octanol–water partition coefficient (Wildman–Crippen LogP) is 4.68. The lowest BCUT2D eigenvalue weighted by Gasteiger charge is -2.42. The Morgan fingerprint density at radius 3 is 2.48 bits per heavy atom. The molecule has 0 radical (unpaired) electrons. The van der Waals surface area contributed by atoms with Gasteiger partial charge in [0.15, 0.2) is 0 Å². The second-order valence-electron chi connectivity index (χ2n) is 17.7. The van der Waals surface area contributed by atoms with Crippen LogP contribution in [-0.4, -0.2) is 90.3 Å². The zero-order valence-electron chi connectivity index (χ0n) is 32.6. The average Bonchev–Trinajstić information content (AvgIpc) is 4.05. The quantitative estimate of drug-likeness (QED) is 0.331. The van der Waals surface area contributed by atoms with Crippen molar-refractivity contribution in [1.82, 2.24) is 25.2 Å². The van der Waals surface area contributed by atoms with E-state index >= 15 is 0 Å². The van der Waals surface area contributed by atoms with Crippen LogP contribution >= 0.6 is 0 Å². The molecule has 3 N–H and O–H groups in total. The Kier molecular flexibility index (Phi) is 10.8. The lowest BCUT2D eigenvalue weighted by Crippen LogP contribution is -2.61. The van der Waals surface area contributed by atoms with E-state index in [9.17, 15) is 32.4 Å². The molecule has 4 bridgehead atoms. The molecule has 3 heterocycles. The molecule has 14 nitrogen and oxygen atoms in total. The number of sulfonamides is 1. The monoisotopic (exact) mass is 793 g/mol. The van der Waals surface area contributed by atoms with Gasteiger partial charge in [0.2, 0.25) is 21.8 Å². The van der Waals surface area contributed by atoms with Crippen LogP contribution < -0.4 is 15.4 Å². The van der Waals surface area contributed by atoms with Gasteiger partial charge in [-0.3, -0.25) is 24.0 Å². The Morgan fingerprint density at radius 1 is 1.04 bits per heavy atom. The van der Waals surface area contributed by atoms with Gasteiger partial charge < -0.3 is 25.0 Å². The van der Waals surface area contributed by atoms with E-state index in [1.165, 1.54) is 11.0 Å². The largest absolute Gasteiger partial charge is 0.449 e. The predicted molar refractivity (Wildman–Crippen MR) is 207 cm³/mol. The highest BCUT2D eigenvalue weighted by Crippen LogP contribution is 2.46. The van der Waals surface area contributed by atoms with Gasteiger partial charge in [0.1, 0.15) is 23.7 Å². The van der Waals surface area contributed by atoms with Crippen molar-refractivity contribution in [2.45, 2.75) is 133 Å². The van der Waals surface area contributed by atoms with Crippen LogP contribution in [0.15, 0.2) is 36.9 Å². The Morgan fingerprint density at radius 2 is 1.79 bits per heavy atom. The fraction of sp³-hybridized carbons (Fsp3) is 0.634. The van der Waals surface area contributed by atoms with E-state index in [1.807, 2.05) is 39.0 Å². The third-order valence-electron chi connectivity index (χ3n) is 12.7. The molecule has 15 heteroatoms. The molecule has 7 rings (SSSR count). The van der Waals surface area contributed by atoms with Crippen LogP contribution in [0.5, 0.6) is 0 Å². The maximum absolute atomic E-state index is 14.9. The summed E-state index contributed by atoms with van der Waals surface area (Å²) in [5, 5.41) is 5.04. The van der Waals surface area contributed by atoms with Gasteiger partial charge in [-0.05, 0) is 72.5 Å². The van der Waals surface area contributed by atoms with Crippen LogP contribution in [0.25, 0.3) is 6.08 Å². The molecule has 3 aliphatic heterocycles. The standard InChI is InChI=1S/C41H55N5O9S/c1-5-28-21-41(28,36(49)44-56(52,53)30-15-16-30)43-34(47)32-20-29-23-46(32)35(48)33(40(4)18-8-6-9-19-40)42-37(50)54-25-39(2,3)17-10-7-12-26-13-11-14-27-22-45(24-31(26)27)38(51)55-29/h5,7,11-14,28-30,32-33H,1,6,8-10,15-25H2,2-4H3,(H,42,50)(H,43,47)(H,44,49)/b12-7+/t28-,29+,32-,33+,41+/m0/s1. The number of rotatable bonds is 7. The number of nitrogens with one attached hydrogen (secondary N) is 3. The molecule has 0 spiro atoms. The summed E-state index contributed by atoms with van der Waals surface area (Å²) in [5.41, 5.74) is 0.415. The van der Waals surface area contributed by atoms with E-state index in [-0.39, 0.29) is 31.4 Å². The van der Waals surface area contributed by atoms with Crippen LogP contribution in [0, 0.1) is 16.7 Å². The maximum Gasteiger partial charge on any atom is 0.410 e. The highest BCUT2D eigenvalue weighted by atomic mass is 32.2. The van der Waals surface area contributed by atoms with Gasteiger partial charge in [0, 0.05) is 18.9 Å². The molecule has 3 saturated carbocycles. The molecular weight excluding hydrogens is 739 g/mol. The summed E-state index contributed by atoms with van der Waals surface area (Å²) in [5.74, 6) is -2.61. The third-order valence-corrected chi connectivity index (χ3v) is 14.5. The Balaban J connectivity index is 1.20. The lowest BCUT2D eigenvalue weighted by molar-refractivity contribution is -0.143. The minimum atomic E-state index is -3.92. The number of carbonyl (C=O) groups is 5. The Hall–Kier alpha value is -4.40. The van der Waals surface area contributed by atoms with Gasteiger partial charge >= 0.3 is 12.2 Å². The van der Waals surface area contributed by atoms with E-state index in [1.54, 1.807) is 4.90 Å². The molecule has 1 aromatic rings. The van der Waals surface area contributed by atoms with Crippen molar-refractivity contribution >= 4 is 46.0 Å². The first-order valence-corrected chi connectivity index (χ1v) is 21.6. The number of cyclic esters (lactones) is 1. The third kappa shape index (κ3) is 8.19. The molecule has 56 heavy (non-hydrogen) atoms. The van der Waals surface area contributed by atoms with Gasteiger partial charge in [-0.25, -0.2) is 18.0 Å². The van der Waals surface area contributed by atoms with E-state index in [0.717, 1.165) is 48.8 Å². The number of benzene rings is 1. The summed E-state index contributed by atoms with van der Waals surface area (Å²) in [6.45, 7) is 10.5. The van der Waals surface area contributed by atoms with Crippen molar-refractivity contribution in [1.29, 1.82) is 0 Å². The van der Waals surface area contributed by atoms with Crippen molar-refractivity contribution in [3.05, 3.63) is 53.6 Å². The highest BCUT2D eigenvalue weighted by Gasteiger charge is 2.62. The topological polar surface area (TPSA) is 181 Å². The molecule has 304 valence electrons. The molecule has 4 fully saturated rings. The van der Waals surface area contributed by atoms with Gasteiger partial charge in [-0.2, -0.15) is 0 Å². The van der Waals surface area contributed by atoms with Crippen LogP contribution in [0.2, 0.25) is 0 Å². The molecule has 0 aromatic heterocycles. The minimum Gasteiger partial charge on any atom is -0.449 e. The van der Waals surface area contributed by atoms with Crippen LogP contribution in [0.4, 0.5) is 9.59 Å². The van der Waals surface area contributed by atoms with Crippen molar-refractivity contribution in [3.8, 4) is 0 Å². The molecule has 5 amide bonds. The number of fused-ring (bicyclic) bond motifs is 3. The lowest BCUT2D eigenvalue weighted by atomic mass is 9.70. The summed E-state index contributed by atoms with van der Waals surface area (Å²) in [6, 6.07) is 3.68. The number of hydrogen-bond donors (Lipinski definition) is 3. The zero-order chi connectivity index (χ0) is 40.0. The number of nitrogens with zero attached hydrogens (tertiary/aromatic N) is 2. The zero-order valence-corrected chi connectivity index (χ0v) is 33.5. The molecule has 1 aromatic carbocycles. The molecule has 6 aliphatic rings. The summed E-state index contributed by atoms with van der Waals surface area (Å²) >= 11 is 0. The fourth-order valence-electron chi connectivity index (χ4n) is 8.87. The first-order valence-electron chi connectivity index (χ1n) is 20.0. The first kappa shape index (κ1) is 39.8. The van der Waals surface area contributed by atoms with Crippen LogP contribution in [0.1, 0.15) is 108 Å². The van der Waals surface area contributed by atoms with Gasteiger partial charge in [-0.1, -0.05) is 76.5 Å². The van der Waals surface area contributed by atoms with E-state index in [4.69, 9.17) is 9.47 Å². The number of alkyl carbamates (subject to hydrolysis) is 1. The van der Waals surface area contributed by atoms with Crippen molar-refractivity contribution in [2.75, 3.05) is 13.2 Å². The number of amides is 5. The van der Waals surface area contributed by atoms with Gasteiger partial charge in [0.05, 0.1) is 24.9 Å². The molecular formula is C41H55N5O9S.